The zero-order valence-corrected chi connectivity index (χ0v) is 10.1. The molecule has 3 rings (SSSR count). The predicted octanol–water partition coefficient (Wildman–Crippen LogP) is 1.98. The number of hydrogen-bond donors (Lipinski definition) is 2. The molecular formula is C15H13BO2. The van der Waals surface area contributed by atoms with Crippen LogP contribution in [0.1, 0.15) is 5.56 Å². The van der Waals surface area contributed by atoms with Crippen molar-refractivity contribution < 1.29 is 10.0 Å². The first-order chi connectivity index (χ1) is 8.65. The molecule has 0 fully saturated rings. The Morgan fingerprint density at radius 3 is 2.06 bits per heavy atom. The summed E-state index contributed by atoms with van der Waals surface area (Å²) in [6.07, 6.45) is 0. The largest absolute Gasteiger partial charge is 0.488 e. The standard InChI is InChI=1S/C15H13BO2/c1-10-2-6-14-11(8-10)3-4-12-9-13(16(17)18)5-7-15(12)14/h2-9,17-18H,1H3. The molecule has 3 aromatic rings. The first-order valence-corrected chi connectivity index (χ1v) is 5.94. The molecule has 0 saturated carbocycles. The lowest BCUT2D eigenvalue weighted by Gasteiger charge is -2.07. The molecule has 3 aromatic carbocycles. The lowest BCUT2D eigenvalue weighted by Crippen LogP contribution is -2.29. The molecule has 0 aromatic heterocycles. The van der Waals surface area contributed by atoms with Gasteiger partial charge in [0.1, 0.15) is 0 Å². The van der Waals surface area contributed by atoms with Gasteiger partial charge in [-0.25, -0.2) is 0 Å². The molecule has 0 unspecified atom stereocenters. The van der Waals surface area contributed by atoms with Crippen LogP contribution in [0.5, 0.6) is 0 Å². The maximum Gasteiger partial charge on any atom is 0.488 e. The lowest BCUT2D eigenvalue weighted by atomic mass is 9.79. The topological polar surface area (TPSA) is 40.5 Å². The highest BCUT2D eigenvalue weighted by Crippen LogP contribution is 2.25. The van der Waals surface area contributed by atoms with E-state index in [2.05, 4.69) is 31.2 Å². The predicted molar refractivity (Wildman–Crippen MR) is 76.0 cm³/mol. The number of benzene rings is 3. The van der Waals surface area contributed by atoms with Crippen molar-refractivity contribution in [2.45, 2.75) is 6.92 Å². The molecule has 0 radical (unpaired) electrons. The number of aryl methyl sites for hydroxylation is 1. The molecule has 2 N–H and O–H groups in total. The van der Waals surface area contributed by atoms with Crippen LogP contribution in [0.25, 0.3) is 21.5 Å². The van der Waals surface area contributed by atoms with Crippen molar-refractivity contribution >= 4 is 34.1 Å². The summed E-state index contributed by atoms with van der Waals surface area (Å²) >= 11 is 0. The van der Waals surface area contributed by atoms with Gasteiger partial charge in [0.25, 0.3) is 0 Å². The summed E-state index contributed by atoms with van der Waals surface area (Å²) in [6, 6.07) is 16.0. The van der Waals surface area contributed by atoms with Gasteiger partial charge in [-0.2, -0.15) is 0 Å². The first-order valence-electron chi connectivity index (χ1n) is 5.94. The Hall–Kier alpha value is -1.84. The van der Waals surface area contributed by atoms with E-state index in [4.69, 9.17) is 0 Å². The van der Waals surface area contributed by atoms with Crippen molar-refractivity contribution in [3.05, 3.63) is 54.1 Å². The highest BCUT2D eigenvalue weighted by molar-refractivity contribution is 6.59. The van der Waals surface area contributed by atoms with Crippen molar-refractivity contribution in [3.63, 3.8) is 0 Å². The summed E-state index contributed by atoms with van der Waals surface area (Å²) in [5.74, 6) is 0. The highest BCUT2D eigenvalue weighted by Gasteiger charge is 2.11. The van der Waals surface area contributed by atoms with Gasteiger partial charge in [-0.15, -0.1) is 0 Å². The van der Waals surface area contributed by atoms with Crippen LogP contribution in [-0.4, -0.2) is 17.2 Å². The molecule has 0 amide bonds. The second kappa shape index (κ2) is 4.12. The third-order valence-electron chi connectivity index (χ3n) is 3.31. The van der Waals surface area contributed by atoms with Crippen molar-refractivity contribution in [3.8, 4) is 0 Å². The monoisotopic (exact) mass is 236 g/mol. The van der Waals surface area contributed by atoms with E-state index in [1.807, 2.05) is 18.2 Å². The molecule has 2 nitrogen and oxygen atoms in total. The minimum atomic E-state index is -1.41. The average Bonchev–Trinajstić information content (AvgIpc) is 2.37. The third kappa shape index (κ3) is 1.78. The first kappa shape index (κ1) is 11.3. The Balaban J connectivity index is 2.35. The van der Waals surface area contributed by atoms with Gasteiger partial charge in [0.2, 0.25) is 0 Å². The maximum absolute atomic E-state index is 9.19. The minimum Gasteiger partial charge on any atom is -0.423 e. The van der Waals surface area contributed by atoms with Gasteiger partial charge in [0, 0.05) is 0 Å². The molecule has 0 aliphatic rings. The molecule has 3 heteroatoms. The van der Waals surface area contributed by atoms with Crippen LogP contribution in [-0.2, 0) is 0 Å². The zero-order valence-electron chi connectivity index (χ0n) is 10.1. The molecule has 0 spiro atoms. The summed E-state index contributed by atoms with van der Waals surface area (Å²) < 4.78 is 0. The molecule has 0 aliphatic carbocycles. The van der Waals surface area contributed by atoms with Gasteiger partial charge < -0.3 is 10.0 Å². The highest BCUT2D eigenvalue weighted by atomic mass is 16.4. The van der Waals surface area contributed by atoms with Crippen LogP contribution in [0.3, 0.4) is 0 Å². The fraction of sp³-hybridized carbons (Fsp3) is 0.0667. The van der Waals surface area contributed by atoms with Gasteiger partial charge in [-0.3, -0.25) is 0 Å². The van der Waals surface area contributed by atoms with E-state index >= 15 is 0 Å². The average molecular weight is 236 g/mol. The molecule has 0 saturated heterocycles. The SMILES string of the molecule is Cc1ccc2c(ccc3cc(B(O)O)ccc32)c1. The molecule has 0 bridgehead atoms. The third-order valence-corrected chi connectivity index (χ3v) is 3.31. The number of rotatable bonds is 1. The van der Waals surface area contributed by atoms with E-state index in [0.29, 0.717) is 5.46 Å². The summed E-state index contributed by atoms with van der Waals surface area (Å²) in [5, 5.41) is 22.9. The van der Waals surface area contributed by atoms with Crippen LogP contribution < -0.4 is 5.46 Å². The zero-order chi connectivity index (χ0) is 12.7. The quantitative estimate of drug-likeness (QED) is 0.501. The van der Waals surface area contributed by atoms with E-state index in [1.54, 1.807) is 6.07 Å². The maximum atomic E-state index is 9.19. The fourth-order valence-corrected chi connectivity index (χ4v) is 2.37. The van der Waals surface area contributed by atoms with E-state index in [9.17, 15) is 10.0 Å². The van der Waals surface area contributed by atoms with E-state index < -0.39 is 7.12 Å². The van der Waals surface area contributed by atoms with Crippen molar-refractivity contribution in [1.29, 1.82) is 0 Å². The summed E-state index contributed by atoms with van der Waals surface area (Å²) in [5.41, 5.74) is 1.76. The van der Waals surface area contributed by atoms with Crippen LogP contribution in [0.15, 0.2) is 48.5 Å². The Morgan fingerprint density at radius 1 is 0.778 bits per heavy atom. The van der Waals surface area contributed by atoms with Gasteiger partial charge in [-0.05, 0) is 33.9 Å². The molecule has 0 aliphatic heterocycles. The second-order valence-electron chi connectivity index (χ2n) is 4.64. The molecule has 88 valence electrons. The fourth-order valence-electron chi connectivity index (χ4n) is 2.37. The Morgan fingerprint density at radius 2 is 1.39 bits per heavy atom. The summed E-state index contributed by atoms with van der Waals surface area (Å²) in [7, 11) is -1.41. The van der Waals surface area contributed by atoms with Crippen molar-refractivity contribution in [2.24, 2.45) is 0 Å². The van der Waals surface area contributed by atoms with Gasteiger partial charge in [-0.1, -0.05) is 54.1 Å². The lowest BCUT2D eigenvalue weighted by molar-refractivity contribution is 0.426. The smallest absolute Gasteiger partial charge is 0.423 e. The molecule has 0 atom stereocenters. The van der Waals surface area contributed by atoms with Gasteiger partial charge in [0.05, 0.1) is 0 Å². The Bertz CT molecular complexity index is 735. The Kier molecular flexibility index (Phi) is 2.58. The summed E-state index contributed by atoms with van der Waals surface area (Å²) in [4.78, 5) is 0. The van der Waals surface area contributed by atoms with Crippen molar-refractivity contribution in [1.82, 2.24) is 0 Å². The van der Waals surface area contributed by atoms with Crippen LogP contribution >= 0.6 is 0 Å². The van der Waals surface area contributed by atoms with Gasteiger partial charge >= 0.3 is 7.12 Å². The Labute approximate surface area is 106 Å². The van der Waals surface area contributed by atoms with E-state index in [-0.39, 0.29) is 0 Å². The van der Waals surface area contributed by atoms with Gasteiger partial charge in [0.15, 0.2) is 0 Å². The number of fused-ring (bicyclic) bond motifs is 3. The van der Waals surface area contributed by atoms with Crippen molar-refractivity contribution in [2.75, 3.05) is 0 Å². The van der Waals surface area contributed by atoms with Crippen LogP contribution in [0.4, 0.5) is 0 Å². The van der Waals surface area contributed by atoms with E-state index in [1.165, 1.54) is 16.3 Å². The minimum absolute atomic E-state index is 0.522. The normalized spacial score (nSPS) is 11.1. The van der Waals surface area contributed by atoms with Crippen LogP contribution in [0, 0.1) is 6.92 Å². The van der Waals surface area contributed by atoms with E-state index in [0.717, 1.165) is 10.8 Å². The molecular weight excluding hydrogens is 223 g/mol. The summed E-state index contributed by atoms with van der Waals surface area (Å²) in [6.45, 7) is 2.08. The van der Waals surface area contributed by atoms with Crippen LogP contribution in [0.2, 0.25) is 0 Å². The molecule has 18 heavy (non-hydrogen) atoms. The molecule has 0 heterocycles. The second-order valence-corrected chi connectivity index (χ2v) is 4.64. The number of hydrogen-bond acceptors (Lipinski definition) is 2.